The highest BCUT2D eigenvalue weighted by atomic mass is 32.2. The lowest BCUT2D eigenvalue weighted by atomic mass is 9.99. The lowest BCUT2D eigenvalue weighted by Crippen LogP contribution is -2.52. The van der Waals surface area contributed by atoms with E-state index in [1.807, 2.05) is 29.2 Å². The van der Waals surface area contributed by atoms with E-state index >= 15 is 0 Å². The Hall–Kier alpha value is -2.87. The van der Waals surface area contributed by atoms with Crippen molar-refractivity contribution in [1.82, 2.24) is 9.80 Å². The van der Waals surface area contributed by atoms with Gasteiger partial charge in [-0.25, -0.2) is 8.42 Å². The van der Waals surface area contributed by atoms with Gasteiger partial charge in [-0.3, -0.25) is 13.9 Å². The fourth-order valence-electron chi connectivity index (χ4n) is 5.22. The number of anilines is 1. The molecule has 3 aliphatic rings. The lowest BCUT2D eigenvalue weighted by Gasteiger charge is -2.37. The molecule has 0 aliphatic carbocycles. The summed E-state index contributed by atoms with van der Waals surface area (Å²) in [5.41, 5.74) is 2.01. The lowest BCUT2D eigenvalue weighted by molar-refractivity contribution is -0.136. The number of nitrogens with zero attached hydrogens (tertiary/aromatic N) is 3. The Labute approximate surface area is 195 Å². The molecular weight excluding hydrogens is 438 g/mol. The first-order valence-electron chi connectivity index (χ1n) is 11.8. The quantitative estimate of drug-likeness (QED) is 0.693. The van der Waals surface area contributed by atoms with E-state index in [-0.39, 0.29) is 16.7 Å². The zero-order chi connectivity index (χ0) is 23.0. The third-order valence-corrected chi connectivity index (χ3v) is 8.79. The van der Waals surface area contributed by atoms with Crippen molar-refractivity contribution in [3.05, 3.63) is 59.7 Å². The molecule has 5 rings (SSSR count). The maximum absolute atomic E-state index is 13.5. The summed E-state index contributed by atoms with van der Waals surface area (Å²) in [5.74, 6) is -0.246. The molecule has 0 bridgehead atoms. The number of fused-ring (bicyclic) bond motifs is 1. The van der Waals surface area contributed by atoms with E-state index in [0.717, 1.165) is 44.3 Å². The van der Waals surface area contributed by atoms with Crippen LogP contribution in [0.5, 0.6) is 0 Å². The fourth-order valence-corrected chi connectivity index (χ4v) is 6.77. The Balaban J connectivity index is 1.41. The van der Waals surface area contributed by atoms with Crippen LogP contribution in [0.25, 0.3) is 0 Å². The zero-order valence-electron chi connectivity index (χ0n) is 18.7. The van der Waals surface area contributed by atoms with Crippen molar-refractivity contribution in [1.29, 1.82) is 0 Å². The first-order chi connectivity index (χ1) is 16.0. The van der Waals surface area contributed by atoms with Crippen molar-refractivity contribution in [2.75, 3.05) is 30.5 Å². The fraction of sp³-hybridized carbons (Fsp3) is 0.440. The minimum Gasteiger partial charge on any atom is -0.341 e. The van der Waals surface area contributed by atoms with E-state index in [1.165, 1.54) is 16.4 Å². The molecule has 8 heteroatoms. The van der Waals surface area contributed by atoms with Gasteiger partial charge in [0.25, 0.3) is 15.9 Å². The molecule has 2 fully saturated rings. The smallest absolute Gasteiger partial charge is 0.264 e. The minimum absolute atomic E-state index is 0.0259. The number of piperidine rings is 1. The zero-order valence-corrected chi connectivity index (χ0v) is 19.5. The third-order valence-electron chi connectivity index (χ3n) is 6.98. The largest absolute Gasteiger partial charge is 0.341 e. The van der Waals surface area contributed by atoms with Gasteiger partial charge < -0.3 is 9.80 Å². The van der Waals surface area contributed by atoms with Crippen molar-refractivity contribution >= 4 is 27.5 Å². The van der Waals surface area contributed by atoms with E-state index < -0.39 is 16.1 Å². The summed E-state index contributed by atoms with van der Waals surface area (Å²) in [5, 5.41) is 0. The van der Waals surface area contributed by atoms with E-state index in [9.17, 15) is 18.0 Å². The number of likely N-dealkylation sites (tertiary alicyclic amines) is 2. The Morgan fingerprint density at radius 2 is 1.61 bits per heavy atom. The van der Waals surface area contributed by atoms with E-state index in [4.69, 9.17) is 0 Å². The van der Waals surface area contributed by atoms with Crippen molar-refractivity contribution in [2.24, 2.45) is 0 Å². The molecular formula is C25H29N3O4S. The minimum atomic E-state index is -3.79. The number of hydrogen-bond donors (Lipinski definition) is 0. The van der Waals surface area contributed by atoms with Gasteiger partial charge in [0, 0.05) is 31.7 Å². The predicted octanol–water partition coefficient (Wildman–Crippen LogP) is 3.06. The van der Waals surface area contributed by atoms with Gasteiger partial charge in [0.05, 0.1) is 10.6 Å². The molecule has 2 saturated heterocycles. The highest BCUT2D eigenvalue weighted by Gasteiger charge is 2.37. The van der Waals surface area contributed by atoms with E-state index in [2.05, 4.69) is 0 Å². The molecule has 1 unspecified atom stereocenters. The maximum atomic E-state index is 13.5. The molecule has 0 spiro atoms. The summed E-state index contributed by atoms with van der Waals surface area (Å²) < 4.78 is 28.3. The summed E-state index contributed by atoms with van der Waals surface area (Å²) in [7, 11) is -3.79. The van der Waals surface area contributed by atoms with Crippen molar-refractivity contribution < 1.29 is 18.0 Å². The SMILES string of the molecule is O=C(C1CCCCN1C(=O)c1cccc(S(=O)(=O)N2CCc3ccccc32)c1)N1CCCC1. The second-order valence-electron chi connectivity index (χ2n) is 9.03. The molecule has 3 aliphatic heterocycles. The van der Waals surface area contributed by atoms with Gasteiger partial charge in [-0.2, -0.15) is 0 Å². The summed E-state index contributed by atoms with van der Waals surface area (Å²) >= 11 is 0. The number of sulfonamides is 1. The van der Waals surface area contributed by atoms with E-state index in [1.54, 1.807) is 17.0 Å². The predicted molar refractivity (Wildman–Crippen MR) is 126 cm³/mol. The molecule has 3 heterocycles. The summed E-state index contributed by atoms with van der Waals surface area (Å²) in [6.45, 7) is 2.41. The van der Waals surface area contributed by atoms with Crippen LogP contribution >= 0.6 is 0 Å². The molecule has 0 aromatic heterocycles. The molecule has 2 amide bonds. The number of hydrogen-bond acceptors (Lipinski definition) is 4. The van der Waals surface area contributed by atoms with Crippen LogP contribution in [0.2, 0.25) is 0 Å². The number of para-hydroxylation sites is 1. The topological polar surface area (TPSA) is 78.0 Å². The third kappa shape index (κ3) is 4.01. The molecule has 1 atom stereocenters. The van der Waals surface area contributed by atoms with Crippen molar-refractivity contribution in [3.63, 3.8) is 0 Å². The highest BCUT2D eigenvalue weighted by Crippen LogP contribution is 2.33. The Morgan fingerprint density at radius 1 is 0.848 bits per heavy atom. The van der Waals surface area contributed by atoms with Gasteiger partial charge in [-0.15, -0.1) is 0 Å². The van der Waals surface area contributed by atoms with Crippen LogP contribution in [0.1, 0.15) is 48.0 Å². The van der Waals surface area contributed by atoms with Crippen LogP contribution in [0.4, 0.5) is 5.69 Å². The Morgan fingerprint density at radius 3 is 2.42 bits per heavy atom. The van der Waals surface area contributed by atoms with Gasteiger partial charge in [0.2, 0.25) is 5.91 Å². The Kier molecular flexibility index (Phi) is 5.86. The van der Waals surface area contributed by atoms with Crippen LogP contribution in [0, 0.1) is 0 Å². The number of benzene rings is 2. The van der Waals surface area contributed by atoms with Crippen molar-refractivity contribution in [3.8, 4) is 0 Å². The summed E-state index contributed by atoms with van der Waals surface area (Å²) in [6, 6.07) is 13.3. The molecule has 33 heavy (non-hydrogen) atoms. The summed E-state index contributed by atoms with van der Waals surface area (Å²) in [6.07, 6.45) is 5.10. The molecule has 2 aromatic rings. The molecule has 0 radical (unpaired) electrons. The van der Waals surface area contributed by atoms with Crippen LogP contribution in [-0.4, -0.2) is 62.3 Å². The van der Waals surface area contributed by atoms with Gasteiger partial charge >= 0.3 is 0 Å². The van der Waals surface area contributed by atoms with E-state index in [0.29, 0.717) is 37.2 Å². The first-order valence-corrected chi connectivity index (χ1v) is 13.2. The molecule has 0 saturated carbocycles. The number of rotatable bonds is 4. The van der Waals surface area contributed by atoms with Crippen LogP contribution < -0.4 is 4.31 Å². The summed E-state index contributed by atoms with van der Waals surface area (Å²) in [4.78, 5) is 30.2. The number of carbonyl (C=O) groups is 2. The van der Waals surface area contributed by atoms with Crippen LogP contribution in [0.15, 0.2) is 53.4 Å². The number of amides is 2. The molecule has 0 N–H and O–H groups in total. The van der Waals surface area contributed by atoms with Crippen molar-refractivity contribution in [2.45, 2.75) is 49.5 Å². The highest BCUT2D eigenvalue weighted by molar-refractivity contribution is 7.92. The van der Waals surface area contributed by atoms with Gasteiger partial charge in [-0.1, -0.05) is 24.3 Å². The second-order valence-corrected chi connectivity index (χ2v) is 10.9. The average molecular weight is 468 g/mol. The van der Waals surface area contributed by atoms with Crippen LogP contribution in [0.3, 0.4) is 0 Å². The average Bonchev–Trinajstić information content (AvgIpc) is 3.54. The monoisotopic (exact) mass is 467 g/mol. The normalized spacial score (nSPS) is 20.7. The van der Waals surface area contributed by atoms with Gasteiger partial charge in [-0.05, 0) is 68.4 Å². The number of carbonyl (C=O) groups excluding carboxylic acids is 2. The van der Waals surface area contributed by atoms with Crippen LogP contribution in [-0.2, 0) is 21.2 Å². The maximum Gasteiger partial charge on any atom is 0.264 e. The standard InChI is InChI=1S/C25H29N3O4S/c29-24(27-16-4-3-12-23(27)25(30)26-14-5-6-15-26)20-9-7-10-21(18-20)33(31,32)28-17-13-19-8-1-2-11-22(19)28/h1-2,7-11,18,23H,3-6,12-17H2. The first kappa shape index (κ1) is 21.9. The van der Waals surface area contributed by atoms with Gasteiger partial charge in [0.15, 0.2) is 0 Å². The second kappa shape index (κ2) is 8.82. The Bertz CT molecular complexity index is 1170. The molecule has 174 valence electrons. The molecule has 2 aromatic carbocycles. The molecule has 7 nitrogen and oxygen atoms in total. The van der Waals surface area contributed by atoms with Gasteiger partial charge in [0.1, 0.15) is 6.04 Å².